The van der Waals surface area contributed by atoms with Gasteiger partial charge in [0.05, 0.1) is 5.69 Å². The third kappa shape index (κ3) is 2.73. The molecule has 0 aliphatic heterocycles. The zero-order chi connectivity index (χ0) is 12.0. The second-order valence-corrected chi connectivity index (χ2v) is 3.37. The fourth-order valence-corrected chi connectivity index (χ4v) is 1.50. The van der Waals surface area contributed by atoms with E-state index in [0.29, 0.717) is 0 Å². The third-order valence-corrected chi connectivity index (χ3v) is 2.34. The largest absolute Gasteiger partial charge is 0.508 e. The maximum absolute atomic E-state index is 9.11. The maximum atomic E-state index is 9.11. The molecule has 1 aromatic carbocycles. The fourth-order valence-electron chi connectivity index (χ4n) is 1.06. The molecule has 0 aliphatic carbocycles. The van der Waals surface area contributed by atoms with E-state index in [1.165, 1.54) is 11.8 Å². The quantitative estimate of drug-likeness (QED) is 0.812. The van der Waals surface area contributed by atoms with Crippen molar-refractivity contribution in [3.8, 4) is 11.4 Å². The molecule has 1 N–H and O–H groups in total. The lowest BCUT2D eigenvalue weighted by molar-refractivity contribution is 0.475. The van der Waals surface area contributed by atoms with Gasteiger partial charge in [-0.05, 0) is 40.9 Å². The third-order valence-electron chi connectivity index (χ3n) is 1.72. The lowest BCUT2D eigenvalue weighted by Crippen LogP contribution is -1.97. The Kier molecular flexibility index (Phi) is 4.78. The minimum Gasteiger partial charge on any atom is -0.508 e. The highest BCUT2D eigenvalue weighted by Crippen LogP contribution is 2.17. The molecule has 16 heavy (non-hydrogen) atoms. The van der Waals surface area contributed by atoms with Crippen LogP contribution in [0, 0.1) is 0 Å². The standard InChI is InChI=1S/C8H8N4OS.C2H6/c1-14-8-9-10-11-12(8)6-2-4-7(13)5-3-6;1-2/h2-5,13H,1H3;1-2H3. The van der Waals surface area contributed by atoms with Gasteiger partial charge in [-0.1, -0.05) is 25.6 Å². The first-order valence-electron chi connectivity index (χ1n) is 4.93. The fraction of sp³-hybridized carbons (Fsp3) is 0.300. The van der Waals surface area contributed by atoms with E-state index in [-0.39, 0.29) is 5.75 Å². The number of hydrogen-bond donors (Lipinski definition) is 1. The van der Waals surface area contributed by atoms with Crippen LogP contribution >= 0.6 is 11.8 Å². The molecule has 0 saturated carbocycles. The number of rotatable bonds is 2. The minimum atomic E-state index is 0.229. The second kappa shape index (κ2) is 6.12. The first kappa shape index (κ1) is 12.5. The molecular formula is C10H14N4OS. The highest BCUT2D eigenvalue weighted by molar-refractivity contribution is 7.98. The number of tetrazole rings is 1. The number of phenolic OH excluding ortho intramolecular Hbond substituents is 1. The number of hydrogen-bond acceptors (Lipinski definition) is 5. The predicted octanol–water partition coefficient (Wildman–Crippen LogP) is 2.12. The molecule has 0 bridgehead atoms. The summed E-state index contributed by atoms with van der Waals surface area (Å²) >= 11 is 1.47. The van der Waals surface area contributed by atoms with Gasteiger partial charge in [0.25, 0.3) is 0 Å². The van der Waals surface area contributed by atoms with Crippen LogP contribution < -0.4 is 0 Å². The molecule has 0 saturated heterocycles. The van der Waals surface area contributed by atoms with Crippen LogP contribution in [0.15, 0.2) is 29.4 Å². The van der Waals surface area contributed by atoms with Crippen LogP contribution in [0.4, 0.5) is 0 Å². The summed E-state index contributed by atoms with van der Waals surface area (Å²) in [5.41, 5.74) is 0.831. The average molecular weight is 238 g/mol. The molecule has 1 aromatic heterocycles. The van der Waals surface area contributed by atoms with Crippen molar-refractivity contribution in [1.82, 2.24) is 20.2 Å². The summed E-state index contributed by atoms with van der Waals surface area (Å²) in [4.78, 5) is 0. The van der Waals surface area contributed by atoms with Crippen molar-refractivity contribution in [3.05, 3.63) is 24.3 Å². The van der Waals surface area contributed by atoms with Crippen molar-refractivity contribution in [2.24, 2.45) is 0 Å². The van der Waals surface area contributed by atoms with Gasteiger partial charge in [-0.3, -0.25) is 0 Å². The Labute approximate surface area is 98.5 Å². The number of aromatic nitrogens is 4. The van der Waals surface area contributed by atoms with Gasteiger partial charge >= 0.3 is 0 Å². The minimum absolute atomic E-state index is 0.229. The Balaban J connectivity index is 0.000000606. The van der Waals surface area contributed by atoms with Crippen LogP contribution in [0.2, 0.25) is 0 Å². The van der Waals surface area contributed by atoms with Crippen LogP contribution in [0.5, 0.6) is 5.75 Å². The Bertz CT molecular complexity index is 427. The van der Waals surface area contributed by atoms with E-state index in [2.05, 4.69) is 15.5 Å². The molecule has 0 fully saturated rings. The molecule has 86 valence electrons. The van der Waals surface area contributed by atoms with Gasteiger partial charge in [0.1, 0.15) is 5.75 Å². The molecule has 5 nitrogen and oxygen atoms in total. The first-order valence-corrected chi connectivity index (χ1v) is 6.15. The van der Waals surface area contributed by atoms with Crippen molar-refractivity contribution in [3.63, 3.8) is 0 Å². The van der Waals surface area contributed by atoms with E-state index in [1.54, 1.807) is 28.9 Å². The van der Waals surface area contributed by atoms with Crippen molar-refractivity contribution in [2.75, 3.05) is 6.26 Å². The highest BCUT2D eigenvalue weighted by atomic mass is 32.2. The molecule has 1 heterocycles. The zero-order valence-electron chi connectivity index (χ0n) is 9.45. The molecule has 2 aromatic rings. The van der Waals surface area contributed by atoms with E-state index in [1.807, 2.05) is 20.1 Å². The summed E-state index contributed by atoms with van der Waals surface area (Å²) in [6, 6.07) is 6.71. The maximum Gasteiger partial charge on any atom is 0.213 e. The van der Waals surface area contributed by atoms with Gasteiger partial charge in [-0.25, -0.2) is 0 Å². The van der Waals surface area contributed by atoms with Crippen LogP contribution in [0.25, 0.3) is 5.69 Å². The van der Waals surface area contributed by atoms with Crippen LogP contribution in [0.3, 0.4) is 0 Å². The summed E-state index contributed by atoms with van der Waals surface area (Å²) < 4.78 is 1.62. The zero-order valence-corrected chi connectivity index (χ0v) is 10.3. The Morgan fingerprint density at radius 1 is 1.19 bits per heavy atom. The van der Waals surface area contributed by atoms with Crippen LogP contribution in [0.1, 0.15) is 13.8 Å². The molecule has 0 unspecified atom stereocenters. The number of benzene rings is 1. The number of thioether (sulfide) groups is 1. The summed E-state index contributed by atoms with van der Waals surface area (Å²) in [7, 11) is 0. The summed E-state index contributed by atoms with van der Waals surface area (Å²) in [5.74, 6) is 0.229. The second-order valence-electron chi connectivity index (χ2n) is 2.59. The molecule has 0 amide bonds. The van der Waals surface area contributed by atoms with Gasteiger partial charge < -0.3 is 5.11 Å². The van der Waals surface area contributed by atoms with Crippen molar-refractivity contribution in [1.29, 1.82) is 0 Å². The van der Waals surface area contributed by atoms with Gasteiger partial charge in [0.15, 0.2) is 0 Å². The Hall–Kier alpha value is -1.56. The molecule has 0 aliphatic rings. The number of aromatic hydroxyl groups is 1. The summed E-state index contributed by atoms with van der Waals surface area (Å²) in [5, 5.41) is 21.1. The lowest BCUT2D eigenvalue weighted by atomic mass is 10.3. The predicted molar refractivity (Wildman–Crippen MR) is 63.9 cm³/mol. The number of phenols is 1. The van der Waals surface area contributed by atoms with E-state index >= 15 is 0 Å². The van der Waals surface area contributed by atoms with Crippen LogP contribution in [-0.2, 0) is 0 Å². The van der Waals surface area contributed by atoms with Crippen LogP contribution in [-0.4, -0.2) is 31.6 Å². The molecule has 6 heteroatoms. The molecular weight excluding hydrogens is 224 g/mol. The molecule has 0 radical (unpaired) electrons. The summed E-state index contributed by atoms with van der Waals surface area (Å²) in [6.07, 6.45) is 1.91. The van der Waals surface area contributed by atoms with Gasteiger partial charge in [0.2, 0.25) is 5.16 Å². The smallest absolute Gasteiger partial charge is 0.213 e. The number of nitrogens with zero attached hydrogens (tertiary/aromatic N) is 4. The average Bonchev–Trinajstić information content (AvgIpc) is 2.81. The summed E-state index contributed by atoms with van der Waals surface area (Å²) in [6.45, 7) is 4.00. The van der Waals surface area contributed by atoms with Gasteiger partial charge in [0, 0.05) is 0 Å². The lowest BCUT2D eigenvalue weighted by Gasteiger charge is -2.01. The molecule has 0 spiro atoms. The van der Waals surface area contributed by atoms with E-state index in [0.717, 1.165) is 10.8 Å². The normalized spacial score (nSPS) is 9.44. The van der Waals surface area contributed by atoms with Gasteiger partial charge in [-0.15, -0.1) is 5.10 Å². The highest BCUT2D eigenvalue weighted by Gasteiger charge is 2.05. The van der Waals surface area contributed by atoms with Gasteiger partial charge in [-0.2, -0.15) is 4.68 Å². The van der Waals surface area contributed by atoms with E-state index < -0.39 is 0 Å². The first-order chi connectivity index (χ1) is 7.81. The topological polar surface area (TPSA) is 63.8 Å². The van der Waals surface area contributed by atoms with Crippen molar-refractivity contribution >= 4 is 11.8 Å². The van der Waals surface area contributed by atoms with E-state index in [4.69, 9.17) is 5.11 Å². The van der Waals surface area contributed by atoms with Crippen molar-refractivity contribution in [2.45, 2.75) is 19.0 Å². The molecule has 2 rings (SSSR count). The monoisotopic (exact) mass is 238 g/mol. The SMILES string of the molecule is CC.CSc1nnnn1-c1ccc(O)cc1. The Morgan fingerprint density at radius 3 is 2.38 bits per heavy atom. The Morgan fingerprint density at radius 2 is 1.81 bits per heavy atom. The van der Waals surface area contributed by atoms with E-state index in [9.17, 15) is 0 Å². The molecule has 0 atom stereocenters. The van der Waals surface area contributed by atoms with Crippen molar-refractivity contribution < 1.29 is 5.11 Å².